The molecule has 0 N–H and O–H groups in total. The largest absolute Gasteiger partial charge is 0.325 e. The average molecular weight is 430 g/mol. The van der Waals surface area contributed by atoms with Crippen LogP contribution in [0.5, 0.6) is 0 Å². The lowest BCUT2D eigenvalue weighted by Gasteiger charge is -2.29. The highest BCUT2D eigenvalue weighted by atomic mass is 16.2. The number of carbonyl (C=O) groups is 3. The number of imide groups is 1. The van der Waals surface area contributed by atoms with E-state index in [1.165, 1.54) is 0 Å². The molecule has 2 aromatic carbocycles. The maximum atomic E-state index is 13.7. The molecular weight excluding hydrogens is 402 g/mol. The Morgan fingerprint density at radius 2 is 1.62 bits per heavy atom. The van der Waals surface area contributed by atoms with E-state index in [0.29, 0.717) is 11.3 Å². The highest BCUT2D eigenvalue weighted by Gasteiger charge is 2.69. The van der Waals surface area contributed by atoms with Crippen LogP contribution in [0.4, 0.5) is 5.69 Å². The van der Waals surface area contributed by atoms with E-state index in [9.17, 15) is 14.4 Å². The van der Waals surface area contributed by atoms with Gasteiger partial charge in [-0.3, -0.25) is 14.4 Å². The zero-order valence-electron chi connectivity index (χ0n) is 18.8. The molecule has 2 aromatic rings. The summed E-state index contributed by atoms with van der Waals surface area (Å²) in [5.41, 5.74) is 1.41. The summed E-state index contributed by atoms with van der Waals surface area (Å²) in [7, 11) is 0. The van der Waals surface area contributed by atoms with Crippen molar-refractivity contribution in [3.8, 4) is 6.07 Å². The van der Waals surface area contributed by atoms with Crippen LogP contribution in [0, 0.1) is 28.1 Å². The number of carbonyl (C=O) groups excluding carboxylic acids is 3. The molecule has 6 heteroatoms. The molecule has 0 aromatic heterocycles. The van der Waals surface area contributed by atoms with Crippen molar-refractivity contribution < 1.29 is 14.4 Å². The third kappa shape index (κ3) is 3.38. The second-order valence-electron chi connectivity index (χ2n) is 9.77. The minimum absolute atomic E-state index is 0.0506. The van der Waals surface area contributed by atoms with Gasteiger partial charge in [-0.1, -0.05) is 58.0 Å². The van der Waals surface area contributed by atoms with Crippen LogP contribution < -0.4 is 4.90 Å². The summed E-state index contributed by atoms with van der Waals surface area (Å²) in [5.74, 6) is -1.05. The molecule has 32 heavy (non-hydrogen) atoms. The molecule has 1 heterocycles. The highest BCUT2D eigenvalue weighted by molar-refractivity contribution is 6.23. The third-order valence-electron chi connectivity index (χ3n) is 7.50. The number of hydrogen-bond acceptors (Lipinski definition) is 4. The van der Waals surface area contributed by atoms with Crippen molar-refractivity contribution in [2.45, 2.75) is 46.7 Å². The van der Waals surface area contributed by atoms with Crippen LogP contribution in [-0.2, 0) is 20.9 Å². The Labute approximate surface area is 188 Å². The van der Waals surface area contributed by atoms with E-state index in [1.807, 2.05) is 36.4 Å². The maximum Gasteiger partial charge on any atom is 0.257 e. The van der Waals surface area contributed by atoms with Gasteiger partial charge in [0.2, 0.25) is 11.8 Å². The van der Waals surface area contributed by atoms with Crippen LogP contribution >= 0.6 is 0 Å². The summed E-state index contributed by atoms with van der Waals surface area (Å²) in [6.45, 7) is 8.55. The molecular formula is C26H27N3O3. The Hall–Kier alpha value is -3.46. The fourth-order valence-corrected chi connectivity index (χ4v) is 4.92. The van der Waals surface area contributed by atoms with Gasteiger partial charge in [0.25, 0.3) is 5.91 Å². The fraction of sp³-hybridized carbons (Fsp3) is 0.385. The molecule has 4 rings (SSSR count). The van der Waals surface area contributed by atoms with Crippen LogP contribution in [0.2, 0.25) is 0 Å². The van der Waals surface area contributed by atoms with E-state index in [4.69, 9.17) is 5.26 Å². The highest BCUT2D eigenvalue weighted by Crippen LogP contribution is 2.69. The number of nitrogens with zero attached hydrogens (tertiary/aromatic N) is 3. The van der Waals surface area contributed by atoms with E-state index in [2.05, 4.69) is 27.7 Å². The number of hydrogen-bond donors (Lipinski definition) is 0. The molecule has 2 aliphatic rings. The summed E-state index contributed by atoms with van der Waals surface area (Å²) in [4.78, 5) is 42.7. The smallest absolute Gasteiger partial charge is 0.257 e. The summed E-state index contributed by atoms with van der Waals surface area (Å²) >= 11 is 0. The van der Waals surface area contributed by atoms with E-state index in [-0.39, 0.29) is 41.5 Å². The molecule has 3 amide bonds. The first-order chi connectivity index (χ1) is 15.1. The molecule has 1 unspecified atom stereocenters. The van der Waals surface area contributed by atoms with E-state index in [0.717, 1.165) is 10.5 Å². The van der Waals surface area contributed by atoms with Crippen LogP contribution in [0.15, 0.2) is 54.6 Å². The van der Waals surface area contributed by atoms with Crippen molar-refractivity contribution in [1.29, 1.82) is 5.26 Å². The molecule has 1 saturated carbocycles. The number of benzene rings is 2. The lowest BCUT2D eigenvalue weighted by Crippen LogP contribution is -2.46. The fourth-order valence-electron chi connectivity index (χ4n) is 4.92. The Kier molecular flexibility index (Phi) is 5.16. The Balaban J connectivity index is 1.66. The maximum absolute atomic E-state index is 13.7. The normalized spacial score (nSPS) is 21.3. The number of anilines is 1. The number of nitriles is 1. The van der Waals surface area contributed by atoms with Gasteiger partial charge in [-0.15, -0.1) is 0 Å². The molecule has 1 aliphatic heterocycles. The van der Waals surface area contributed by atoms with Gasteiger partial charge in [0.05, 0.1) is 23.7 Å². The minimum atomic E-state index is -0.849. The second kappa shape index (κ2) is 7.59. The lowest BCUT2D eigenvalue weighted by atomic mass is 10.0. The molecule has 0 radical (unpaired) electrons. The zero-order valence-corrected chi connectivity index (χ0v) is 18.8. The summed E-state index contributed by atoms with van der Waals surface area (Å²) in [6, 6.07) is 17.0. The second-order valence-corrected chi connectivity index (χ2v) is 9.77. The summed E-state index contributed by atoms with van der Waals surface area (Å²) in [6.07, 6.45) is -0.0506. The first kappa shape index (κ1) is 21.8. The first-order valence-electron chi connectivity index (χ1n) is 10.8. The van der Waals surface area contributed by atoms with Crippen LogP contribution in [0.25, 0.3) is 0 Å². The predicted molar refractivity (Wildman–Crippen MR) is 120 cm³/mol. The van der Waals surface area contributed by atoms with E-state index >= 15 is 0 Å². The third-order valence-corrected chi connectivity index (χ3v) is 7.50. The van der Waals surface area contributed by atoms with Crippen LogP contribution in [0.1, 0.15) is 45.2 Å². The van der Waals surface area contributed by atoms with Gasteiger partial charge in [-0.05, 0) is 40.7 Å². The van der Waals surface area contributed by atoms with Crippen LogP contribution in [-0.4, -0.2) is 28.7 Å². The molecule has 0 spiro atoms. The standard InChI is InChI=1S/C26H27N3O3/c1-25(2)22(26(25,3)4)24(32)28(16-18-8-6-5-7-9-18)20-14-21(30)29(23(20)31)19-12-10-17(15-27)11-13-19/h5-13,20,22H,14,16H2,1-4H3. The molecule has 1 saturated heterocycles. The number of amides is 3. The zero-order chi connectivity index (χ0) is 23.3. The van der Waals surface area contributed by atoms with Crippen molar-refractivity contribution in [3.05, 3.63) is 65.7 Å². The van der Waals surface area contributed by atoms with Gasteiger partial charge in [0.1, 0.15) is 6.04 Å². The van der Waals surface area contributed by atoms with E-state index < -0.39 is 11.9 Å². The van der Waals surface area contributed by atoms with Crippen molar-refractivity contribution in [3.63, 3.8) is 0 Å². The average Bonchev–Trinajstić information content (AvgIpc) is 3.00. The van der Waals surface area contributed by atoms with Crippen molar-refractivity contribution >= 4 is 23.4 Å². The molecule has 1 atom stereocenters. The Morgan fingerprint density at radius 1 is 1.03 bits per heavy atom. The topological polar surface area (TPSA) is 81.5 Å². The van der Waals surface area contributed by atoms with Crippen molar-refractivity contribution in [2.24, 2.45) is 16.7 Å². The van der Waals surface area contributed by atoms with E-state index in [1.54, 1.807) is 29.2 Å². The lowest BCUT2D eigenvalue weighted by molar-refractivity contribution is -0.141. The van der Waals surface area contributed by atoms with Gasteiger partial charge >= 0.3 is 0 Å². The van der Waals surface area contributed by atoms with Gasteiger partial charge < -0.3 is 4.90 Å². The predicted octanol–water partition coefficient (Wildman–Crippen LogP) is 3.90. The van der Waals surface area contributed by atoms with Gasteiger partial charge in [-0.25, -0.2) is 4.90 Å². The Morgan fingerprint density at radius 3 is 2.16 bits per heavy atom. The molecule has 1 aliphatic carbocycles. The van der Waals surface area contributed by atoms with Crippen molar-refractivity contribution in [1.82, 2.24) is 4.90 Å². The quantitative estimate of drug-likeness (QED) is 0.675. The van der Waals surface area contributed by atoms with Gasteiger partial charge in [0, 0.05) is 12.5 Å². The Bertz CT molecular complexity index is 1100. The van der Waals surface area contributed by atoms with Crippen LogP contribution in [0.3, 0.4) is 0 Å². The number of rotatable bonds is 5. The molecule has 164 valence electrons. The monoisotopic (exact) mass is 429 g/mol. The molecule has 6 nitrogen and oxygen atoms in total. The van der Waals surface area contributed by atoms with Gasteiger partial charge in [-0.2, -0.15) is 5.26 Å². The molecule has 2 fully saturated rings. The summed E-state index contributed by atoms with van der Waals surface area (Å²) in [5, 5.41) is 9.01. The van der Waals surface area contributed by atoms with Crippen molar-refractivity contribution in [2.75, 3.05) is 4.90 Å². The minimum Gasteiger partial charge on any atom is -0.325 e. The van der Waals surface area contributed by atoms with Gasteiger partial charge in [0.15, 0.2) is 0 Å². The SMILES string of the molecule is CC1(C)C(C(=O)N(Cc2ccccc2)C2CC(=O)N(c3ccc(C#N)cc3)C2=O)C1(C)C. The first-order valence-corrected chi connectivity index (χ1v) is 10.8. The molecule has 0 bridgehead atoms. The summed E-state index contributed by atoms with van der Waals surface area (Å²) < 4.78 is 0.